The van der Waals surface area contributed by atoms with Crippen LogP contribution in [0.15, 0.2) is 0 Å². The zero-order valence-corrected chi connectivity index (χ0v) is 11.3. The third kappa shape index (κ3) is 4.79. The third-order valence-corrected chi connectivity index (χ3v) is 4.82. The van der Waals surface area contributed by atoms with Gasteiger partial charge in [-0.05, 0) is 41.5 Å². The highest BCUT2D eigenvalue weighted by molar-refractivity contribution is 6.57. The van der Waals surface area contributed by atoms with Crippen LogP contribution in [0.3, 0.4) is 0 Å². The molecule has 0 saturated carbocycles. The second-order valence-electron chi connectivity index (χ2n) is 4.61. The molecule has 2 unspecified atom stereocenters. The Morgan fingerprint density at radius 2 is 1.46 bits per heavy atom. The smallest absolute Gasteiger partial charge is 0.0627 e. The van der Waals surface area contributed by atoms with E-state index in [1.807, 2.05) is 0 Å². The summed E-state index contributed by atoms with van der Waals surface area (Å²) in [4.78, 5) is 4.69. The van der Waals surface area contributed by atoms with Crippen LogP contribution in [-0.4, -0.2) is 58.5 Å². The summed E-state index contributed by atoms with van der Waals surface area (Å²) in [5, 5.41) is 0. The summed E-state index contributed by atoms with van der Waals surface area (Å²) in [6.07, 6.45) is 1.29. The fourth-order valence-corrected chi connectivity index (χ4v) is 3.34. The second-order valence-corrected chi connectivity index (χ2v) is 7.43. The van der Waals surface area contributed by atoms with Gasteiger partial charge in [0.2, 0.25) is 0 Å². The predicted octanol–water partition coefficient (Wildman–Crippen LogP) is 1.55. The zero-order chi connectivity index (χ0) is 10.6. The summed E-state index contributed by atoms with van der Waals surface area (Å²) < 4.78 is 0. The Kier molecular flexibility index (Phi) is 5.84. The first-order chi connectivity index (χ1) is 5.86. The normalized spacial score (nSPS) is 17.1. The van der Waals surface area contributed by atoms with Gasteiger partial charge >= 0.3 is 0 Å². The van der Waals surface area contributed by atoms with Crippen LogP contribution in [0.4, 0.5) is 0 Å². The molecule has 0 aromatic rings. The van der Waals surface area contributed by atoms with E-state index in [1.54, 1.807) is 0 Å². The standard InChI is InChI=1S/C10H25N2Si/c1-9(11(2)3)8-10(12(4)5)13(6)7/h9-10H,8H2,1-7H3. The lowest BCUT2D eigenvalue weighted by Crippen LogP contribution is -2.43. The molecule has 0 aliphatic rings. The van der Waals surface area contributed by atoms with Gasteiger partial charge in [-0.2, -0.15) is 0 Å². The highest BCUT2D eigenvalue weighted by atomic mass is 28.3. The highest BCUT2D eigenvalue weighted by Gasteiger charge is 2.20. The van der Waals surface area contributed by atoms with Crippen LogP contribution in [0.1, 0.15) is 13.3 Å². The Bertz CT molecular complexity index is 127. The van der Waals surface area contributed by atoms with Gasteiger partial charge in [0.25, 0.3) is 0 Å². The molecule has 0 heterocycles. The molecule has 1 radical (unpaired) electrons. The monoisotopic (exact) mass is 201 g/mol. The minimum atomic E-state index is -0.201. The van der Waals surface area contributed by atoms with Gasteiger partial charge < -0.3 is 9.80 Å². The number of hydrogen-bond donors (Lipinski definition) is 0. The Hall–Kier alpha value is 0.137. The van der Waals surface area contributed by atoms with Gasteiger partial charge in [-0.3, -0.25) is 0 Å². The van der Waals surface area contributed by atoms with Gasteiger partial charge in [-0.25, -0.2) is 0 Å². The van der Waals surface area contributed by atoms with E-state index in [0.29, 0.717) is 6.04 Å². The first-order valence-electron chi connectivity index (χ1n) is 4.99. The van der Waals surface area contributed by atoms with E-state index < -0.39 is 0 Å². The molecule has 2 atom stereocenters. The molecule has 0 bridgehead atoms. The van der Waals surface area contributed by atoms with Crippen LogP contribution in [0.25, 0.3) is 0 Å². The summed E-state index contributed by atoms with van der Waals surface area (Å²) >= 11 is 0. The van der Waals surface area contributed by atoms with Crippen LogP contribution in [-0.2, 0) is 0 Å². The number of nitrogens with zero attached hydrogens (tertiary/aromatic N) is 2. The largest absolute Gasteiger partial charge is 0.309 e. The minimum Gasteiger partial charge on any atom is -0.309 e. The van der Waals surface area contributed by atoms with E-state index in [0.717, 1.165) is 5.67 Å². The fraction of sp³-hybridized carbons (Fsp3) is 1.00. The maximum absolute atomic E-state index is 2.40. The van der Waals surface area contributed by atoms with Crippen molar-refractivity contribution in [1.82, 2.24) is 9.80 Å². The SMILES string of the molecule is CC(CC(N(C)C)[Si](C)C)N(C)C. The lowest BCUT2D eigenvalue weighted by atomic mass is 10.2. The molecule has 79 valence electrons. The quantitative estimate of drug-likeness (QED) is 0.623. The summed E-state index contributed by atoms with van der Waals surface area (Å²) in [6, 6.07) is 0.687. The first-order valence-corrected chi connectivity index (χ1v) is 7.57. The zero-order valence-electron chi connectivity index (χ0n) is 10.3. The Balaban J connectivity index is 4.10. The van der Waals surface area contributed by atoms with E-state index in [-0.39, 0.29) is 8.80 Å². The predicted molar refractivity (Wildman–Crippen MR) is 62.7 cm³/mol. The molecule has 0 aromatic heterocycles. The lowest BCUT2D eigenvalue weighted by Gasteiger charge is -2.32. The van der Waals surface area contributed by atoms with Crippen molar-refractivity contribution in [3.63, 3.8) is 0 Å². The number of rotatable bonds is 5. The van der Waals surface area contributed by atoms with Crippen molar-refractivity contribution in [2.45, 2.75) is 38.1 Å². The van der Waals surface area contributed by atoms with Gasteiger partial charge in [0.05, 0.1) is 8.80 Å². The van der Waals surface area contributed by atoms with E-state index in [4.69, 9.17) is 0 Å². The molecule has 3 heteroatoms. The Morgan fingerprint density at radius 1 is 1.00 bits per heavy atom. The van der Waals surface area contributed by atoms with Gasteiger partial charge in [0.1, 0.15) is 0 Å². The second kappa shape index (κ2) is 5.78. The fourth-order valence-electron chi connectivity index (χ4n) is 1.50. The lowest BCUT2D eigenvalue weighted by molar-refractivity contribution is 0.247. The Labute approximate surface area is 85.5 Å². The maximum Gasteiger partial charge on any atom is 0.0627 e. The highest BCUT2D eigenvalue weighted by Crippen LogP contribution is 2.10. The molecule has 0 N–H and O–H groups in total. The van der Waals surface area contributed by atoms with Crippen LogP contribution in [0, 0.1) is 0 Å². The average molecular weight is 201 g/mol. The molecule has 0 rings (SSSR count). The van der Waals surface area contributed by atoms with Crippen LogP contribution in [0.5, 0.6) is 0 Å². The third-order valence-electron chi connectivity index (χ3n) is 2.74. The van der Waals surface area contributed by atoms with Crippen molar-refractivity contribution >= 4 is 8.80 Å². The molecule has 0 spiro atoms. The molecule has 0 amide bonds. The summed E-state index contributed by atoms with van der Waals surface area (Å²) in [6.45, 7) is 7.11. The molecule has 13 heavy (non-hydrogen) atoms. The molecule has 0 aromatic carbocycles. The molecule has 0 aliphatic carbocycles. The summed E-state index contributed by atoms with van der Waals surface area (Å²) in [7, 11) is 8.52. The van der Waals surface area contributed by atoms with Crippen LogP contribution >= 0.6 is 0 Å². The van der Waals surface area contributed by atoms with Gasteiger partial charge in [0, 0.05) is 11.7 Å². The molecule has 0 aliphatic heterocycles. The van der Waals surface area contributed by atoms with Gasteiger partial charge in [-0.1, -0.05) is 13.1 Å². The summed E-state index contributed by atoms with van der Waals surface area (Å²) in [5.74, 6) is 0. The average Bonchev–Trinajstić information content (AvgIpc) is 1.97. The van der Waals surface area contributed by atoms with Gasteiger partial charge in [-0.15, -0.1) is 0 Å². The van der Waals surface area contributed by atoms with E-state index >= 15 is 0 Å². The molecular weight excluding hydrogens is 176 g/mol. The first kappa shape index (κ1) is 13.1. The van der Waals surface area contributed by atoms with E-state index in [1.165, 1.54) is 6.42 Å². The van der Waals surface area contributed by atoms with E-state index in [9.17, 15) is 0 Å². The maximum atomic E-state index is 2.40. The summed E-state index contributed by atoms with van der Waals surface area (Å²) in [5.41, 5.74) is 0.794. The molecule has 0 fully saturated rings. The van der Waals surface area contributed by atoms with Crippen molar-refractivity contribution in [1.29, 1.82) is 0 Å². The topological polar surface area (TPSA) is 6.48 Å². The number of hydrogen-bond acceptors (Lipinski definition) is 2. The van der Waals surface area contributed by atoms with Crippen molar-refractivity contribution in [3.8, 4) is 0 Å². The van der Waals surface area contributed by atoms with E-state index in [2.05, 4.69) is 58.0 Å². The van der Waals surface area contributed by atoms with Crippen molar-refractivity contribution < 1.29 is 0 Å². The van der Waals surface area contributed by atoms with Crippen molar-refractivity contribution in [2.75, 3.05) is 28.2 Å². The molecular formula is C10H25N2Si. The molecule has 0 saturated heterocycles. The van der Waals surface area contributed by atoms with Crippen molar-refractivity contribution in [2.24, 2.45) is 0 Å². The van der Waals surface area contributed by atoms with Crippen molar-refractivity contribution in [3.05, 3.63) is 0 Å². The van der Waals surface area contributed by atoms with Crippen LogP contribution < -0.4 is 0 Å². The van der Waals surface area contributed by atoms with Crippen LogP contribution in [0.2, 0.25) is 13.1 Å². The Morgan fingerprint density at radius 3 is 1.69 bits per heavy atom. The van der Waals surface area contributed by atoms with Gasteiger partial charge in [0.15, 0.2) is 0 Å². The minimum absolute atomic E-state index is 0.201. The molecule has 2 nitrogen and oxygen atoms in total.